The Balaban J connectivity index is 0.000000336. The van der Waals surface area contributed by atoms with Crippen LogP contribution in [0.5, 0.6) is 0 Å². The van der Waals surface area contributed by atoms with Crippen LogP contribution in [0.1, 0.15) is 40.0 Å². The van der Waals surface area contributed by atoms with Crippen molar-refractivity contribution >= 4 is 0 Å². The fraction of sp³-hybridized carbons (Fsp3) is 1.00. The normalized spacial score (nSPS) is 42.2. The lowest BCUT2D eigenvalue weighted by atomic mass is 9.46. The zero-order valence-electron chi connectivity index (χ0n) is 8.51. The Hall–Kier alpha value is -0.0800. The van der Waals surface area contributed by atoms with Crippen LogP contribution in [0.3, 0.4) is 0 Å². The summed E-state index contributed by atoms with van der Waals surface area (Å²) in [5, 5.41) is 0. The van der Waals surface area contributed by atoms with Crippen molar-refractivity contribution in [3.63, 3.8) is 0 Å². The summed E-state index contributed by atoms with van der Waals surface area (Å²) in [5.41, 5.74) is 0.706. The molecule has 0 aromatic rings. The van der Waals surface area contributed by atoms with E-state index in [2.05, 4.69) is 32.5 Å². The Morgan fingerprint density at radius 2 is 1.75 bits per heavy atom. The number of nitrogens with two attached hydrogens (primary N) is 2. The molecule has 0 aliphatic heterocycles. The first-order valence-electron chi connectivity index (χ1n) is 4.95. The largest absolute Gasteiger partial charge is 0.274 e. The Kier molecular flexibility index (Phi) is 2.79. The number of fused-ring (bicyclic) bond motifs is 2. The molecule has 0 amide bonds. The van der Waals surface area contributed by atoms with E-state index >= 15 is 0 Å². The van der Waals surface area contributed by atoms with Crippen molar-refractivity contribution in [2.24, 2.45) is 34.9 Å². The van der Waals surface area contributed by atoms with Gasteiger partial charge in [-0.15, -0.1) is 0 Å². The van der Waals surface area contributed by atoms with Gasteiger partial charge in [-0.05, 0) is 36.0 Å². The van der Waals surface area contributed by atoms with Gasteiger partial charge >= 0.3 is 0 Å². The van der Waals surface area contributed by atoms with Crippen LogP contribution in [0.25, 0.3) is 0 Å². The second kappa shape index (κ2) is 3.35. The van der Waals surface area contributed by atoms with E-state index in [-0.39, 0.29) is 0 Å². The van der Waals surface area contributed by atoms with Gasteiger partial charge in [0, 0.05) is 0 Å². The third kappa shape index (κ3) is 1.27. The van der Waals surface area contributed by atoms with E-state index in [1.54, 1.807) is 0 Å². The number of hydrogen-bond acceptors (Lipinski definition) is 2. The summed E-state index contributed by atoms with van der Waals surface area (Å²) >= 11 is 0. The first-order chi connectivity index (χ1) is 5.62. The molecule has 3 aliphatic rings. The molecule has 3 aliphatic carbocycles. The van der Waals surface area contributed by atoms with Gasteiger partial charge in [0.15, 0.2) is 0 Å². The predicted molar refractivity (Wildman–Crippen MR) is 52.2 cm³/mol. The van der Waals surface area contributed by atoms with Crippen molar-refractivity contribution in [3.05, 3.63) is 0 Å². The molecule has 12 heavy (non-hydrogen) atoms. The molecule has 72 valence electrons. The smallest absolute Gasteiger partial charge is 0.0295 e. The van der Waals surface area contributed by atoms with Gasteiger partial charge in [-0.25, -0.2) is 0 Å². The molecule has 2 bridgehead atoms. The van der Waals surface area contributed by atoms with Crippen LogP contribution in [-0.4, -0.2) is 0 Å². The van der Waals surface area contributed by atoms with Gasteiger partial charge in [-0.3, -0.25) is 11.7 Å². The van der Waals surface area contributed by atoms with E-state index in [0.717, 1.165) is 17.8 Å². The van der Waals surface area contributed by atoms with Crippen molar-refractivity contribution in [2.45, 2.75) is 40.0 Å². The van der Waals surface area contributed by atoms with Gasteiger partial charge in [-0.2, -0.15) is 0 Å². The van der Waals surface area contributed by atoms with E-state index < -0.39 is 0 Å². The fourth-order valence-electron chi connectivity index (χ4n) is 3.18. The van der Waals surface area contributed by atoms with Gasteiger partial charge in [0.1, 0.15) is 0 Å². The summed E-state index contributed by atoms with van der Waals surface area (Å²) in [6.07, 6.45) is 4.54. The molecule has 0 heterocycles. The van der Waals surface area contributed by atoms with Crippen molar-refractivity contribution in [1.82, 2.24) is 0 Å². The van der Waals surface area contributed by atoms with Crippen LogP contribution < -0.4 is 11.7 Å². The zero-order chi connectivity index (χ0) is 9.35. The first-order valence-corrected chi connectivity index (χ1v) is 4.95. The molecule has 0 radical (unpaired) electrons. The molecule has 3 atom stereocenters. The third-order valence-corrected chi connectivity index (χ3v) is 4.20. The lowest BCUT2D eigenvalue weighted by Gasteiger charge is -2.59. The minimum atomic E-state index is 0.706. The first kappa shape index (κ1) is 10.0. The van der Waals surface area contributed by atoms with Crippen molar-refractivity contribution in [1.29, 1.82) is 0 Å². The highest BCUT2D eigenvalue weighted by molar-refractivity contribution is 5.01. The van der Waals surface area contributed by atoms with Crippen molar-refractivity contribution < 1.29 is 0 Å². The Labute approximate surface area is 75.7 Å². The standard InChI is InChI=1S/C10H18.H4N2/c1-7-4-5-8-6-9(7)10(8,2)3;1-2/h7-9H,4-6H2,1-3H3;1-2H2. The average molecular weight is 170 g/mol. The maximum Gasteiger partial charge on any atom is -0.0295 e. The predicted octanol–water partition coefficient (Wildman–Crippen LogP) is 1.90. The molecular weight excluding hydrogens is 148 g/mol. The SMILES string of the molecule is CC1CCC2CC1C2(C)C.NN. The van der Waals surface area contributed by atoms with E-state index in [1.165, 1.54) is 19.3 Å². The van der Waals surface area contributed by atoms with Crippen LogP contribution >= 0.6 is 0 Å². The van der Waals surface area contributed by atoms with Gasteiger partial charge in [0.2, 0.25) is 0 Å². The zero-order valence-corrected chi connectivity index (χ0v) is 8.51. The highest BCUT2D eigenvalue weighted by atomic mass is 15.0. The second-order valence-corrected chi connectivity index (χ2v) is 4.92. The van der Waals surface area contributed by atoms with Gasteiger partial charge in [-0.1, -0.05) is 27.2 Å². The second-order valence-electron chi connectivity index (χ2n) is 4.92. The number of hydrogen-bond donors (Lipinski definition) is 2. The van der Waals surface area contributed by atoms with E-state index in [9.17, 15) is 0 Å². The molecule has 3 rings (SSSR count). The Morgan fingerprint density at radius 3 is 2.00 bits per heavy atom. The lowest BCUT2D eigenvalue weighted by molar-refractivity contribution is -0.0988. The van der Waals surface area contributed by atoms with Crippen LogP contribution in [0, 0.1) is 23.2 Å². The number of hydrazine groups is 1. The van der Waals surface area contributed by atoms with Crippen LogP contribution in [-0.2, 0) is 0 Å². The summed E-state index contributed by atoms with van der Waals surface area (Å²) in [7, 11) is 0. The van der Waals surface area contributed by atoms with Crippen LogP contribution in [0.4, 0.5) is 0 Å². The van der Waals surface area contributed by atoms with Crippen molar-refractivity contribution in [2.75, 3.05) is 0 Å². The van der Waals surface area contributed by atoms with E-state index in [0.29, 0.717) is 5.41 Å². The van der Waals surface area contributed by atoms with E-state index in [4.69, 9.17) is 0 Å². The third-order valence-electron chi connectivity index (χ3n) is 4.20. The Bertz CT molecular complexity index is 152. The van der Waals surface area contributed by atoms with Crippen LogP contribution in [0.15, 0.2) is 0 Å². The minimum absolute atomic E-state index is 0.706. The molecule has 0 aromatic heterocycles. The molecular formula is C10H22N2. The highest BCUT2D eigenvalue weighted by Gasteiger charge is 2.52. The van der Waals surface area contributed by atoms with Gasteiger partial charge < -0.3 is 0 Å². The molecule has 0 spiro atoms. The molecule has 2 nitrogen and oxygen atoms in total. The molecule has 0 aromatic carbocycles. The number of rotatable bonds is 0. The Morgan fingerprint density at radius 1 is 1.17 bits per heavy atom. The highest BCUT2D eigenvalue weighted by Crippen LogP contribution is 2.61. The monoisotopic (exact) mass is 170 g/mol. The molecule has 4 N–H and O–H groups in total. The van der Waals surface area contributed by atoms with Crippen molar-refractivity contribution in [3.8, 4) is 0 Å². The summed E-state index contributed by atoms with van der Waals surface area (Å²) in [6, 6.07) is 0. The molecule has 3 fully saturated rings. The quantitative estimate of drug-likeness (QED) is 0.431. The van der Waals surface area contributed by atoms with E-state index in [1.807, 2.05) is 0 Å². The molecule has 0 saturated heterocycles. The topological polar surface area (TPSA) is 52.0 Å². The maximum absolute atomic E-state index is 4.00. The van der Waals surface area contributed by atoms with Crippen LogP contribution in [0.2, 0.25) is 0 Å². The summed E-state index contributed by atoms with van der Waals surface area (Å²) in [5.74, 6) is 11.2. The average Bonchev–Trinajstić information content (AvgIpc) is 2.07. The molecule has 3 saturated carbocycles. The summed E-state index contributed by atoms with van der Waals surface area (Å²) < 4.78 is 0. The van der Waals surface area contributed by atoms with Gasteiger partial charge in [0.05, 0.1) is 0 Å². The summed E-state index contributed by atoms with van der Waals surface area (Å²) in [6.45, 7) is 7.35. The maximum atomic E-state index is 4.00. The summed E-state index contributed by atoms with van der Waals surface area (Å²) in [4.78, 5) is 0. The lowest BCUT2D eigenvalue weighted by Crippen LogP contribution is -2.51. The van der Waals surface area contributed by atoms with Gasteiger partial charge in [0.25, 0.3) is 0 Å². The molecule has 3 unspecified atom stereocenters. The fourth-order valence-corrected chi connectivity index (χ4v) is 3.18. The molecule has 2 heteroatoms. The minimum Gasteiger partial charge on any atom is -0.274 e.